The smallest absolute Gasteiger partial charge is 0.320 e. The first-order valence-corrected chi connectivity index (χ1v) is 8.00. The lowest BCUT2D eigenvalue weighted by molar-refractivity contribution is -0.161. The second-order valence-electron chi connectivity index (χ2n) is 5.84. The van der Waals surface area contributed by atoms with Gasteiger partial charge in [0, 0.05) is 18.3 Å². The van der Waals surface area contributed by atoms with Crippen LogP contribution in [0.15, 0.2) is 36.4 Å². The van der Waals surface area contributed by atoms with Gasteiger partial charge in [-0.2, -0.15) is 0 Å². The number of allylic oxidation sites excluding steroid dienone is 1. The van der Waals surface area contributed by atoms with Crippen LogP contribution in [-0.4, -0.2) is 31.9 Å². The molecular weight excluding hydrogens is 308 g/mol. The molecule has 1 aliphatic rings. The third-order valence-electron chi connectivity index (χ3n) is 4.42. The van der Waals surface area contributed by atoms with Gasteiger partial charge in [0.25, 0.3) is 0 Å². The topological polar surface area (TPSA) is 69.7 Å². The van der Waals surface area contributed by atoms with Crippen LogP contribution in [-0.2, 0) is 23.9 Å². The van der Waals surface area contributed by atoms with Crippen LogP contribution in [0.5, 0.6) is 0 Å². The normalized spacial score (nSPS) is 18.8. The fourth-order valence-electron chi connectivity index (χ4n) is 3.18. The number of ketones is 1. The predicted octanol–water partition coefficient (Wildman–Crippen LogP) is 2.65. The number of hydrogen-bond donors (Lipinski definition) is 0. The third kappa shape index (κ3) is 4.10. The van der Waals surface area contributed by atoms with Crippen LogP contribution in [0.4, 0.5) is 0 Å². The summed E-state index contributed by atoms with van der Waals surface area (Å²) in [5.74, 6) is -3.34. The maximum atomic E-state index is 12.2. The summed E-state index contributed by atoms with van der Waals surface area (Å²) in [6, 6.07) is 9.52. The van der Waals surface area contributed by atoms with Crippen LogP contribution >= 0.6 is 0 Å². The minimum Gasteiger partial charge on any atom is -0.468 e. The van der Waals surface area contributed by atoms with Gasteiger partial charge in [-0.25, -0.2) is 0 Å². The number of carbonyl (C=O) groups excluding carboxylic acids is 3. The van der Waals surface area contributed by atoms with Gasteiger partial charge in [-0.3, -0.25) is 14.4 Å². The van der Waals surface area contributed by atoms with Crippen molar-refractivity contribution in [1.29, 1.82) is 0 Å². The van der Waals surface area contributed by atoms with Gasteiger partial charge < -0.3 is 9.47 Å². The molecule has 5 heteroatoms. The summed E-state index contributed by atoms with van der Waals surface area (Å²) >= 11 is 0. The fraction of sp³-hybridized carbons (Fsp3) is 0.421. The Hall–Kier alpha value is -2.43. The quantitative estimate of drug-likeness (QED) is 0.592. The van der Waals surface area contributed by atoms with Crippen molar-refractivity contribution in [2.75, 3.05) is 14.2 Å². The van der Waals surface area contributed by atoms with E-state index in [1.807, 2.05) is 36.4 Å². The van der Waals surface area contributed by atoms with E-state index in [0.29, 0.717) is 12.8 Å². The van der Waals surface area contributed by atoms with Crippen LogP contribution in [0.1, 0.15) is 24.8 Å². The molecule has 0 aliphatic heterocycles. The molecule has 1 saturated carbocycles. The lowest BCUT2D eigenvalue weighted by Gasteiger charge is -2.25. The van der Waals surface area contributed by atoms with Gasteiger partial charge in [0.2, 0.25) is 0 Å². The van der Waals surface area contributed by atoms with E-state index in [1.165, 1.54) is 14.2 Å². The molecule has 1 fully saturated rings. The fourth-order valence-corrected chi connectivity index (χ4v) is 3.18. The van der Waals surface area contributed by atoms with E-state index < -0.39 is 23.8 Å². The second kappa shape index (κ2) is 8.43. The van der Waals surface area contributed by atoms with Gasteiger partial charge in [0.05, 0.1) is 14.2 Å². The number of benzene rings is 1. The molecule has 0 N–H and O–H groups in total. The zero-order valence-electron chi connectivity index (χ0n) is 13.9. The molecule has 24 heavy (non-hydrogen) atoms. The molecule has 0 bridgehead atoms. The monoisotopic (exact) mass is 330 g/mol. The highest BCUT2D eigenvalue weighted by Crippen LogP contribution is 2.35. The Balaban J connectivity index is 2.37. The third-order valence-corrected chi connectivity index (χ3v) is 4.42. The van der Waals surface area contributed by atoms with Gasteiger partial charge in [0.15, 0.2) is 5.92 Å². The van der Waals surface area contributed by atoms with E-state index in [-0.39, 0.29) is 11.7 Å². The summed E-state index contributed by atoms with van der Waals surface area (Å²) in [7, 11) is 2.46. The van der Waals surface area contributed by atoms with Crippen molar-refractivity contribution in [3.8, 4) is 0 Å². The van der Waals surface area contributed by atoms with Crippen LogP contribution < -0.4 is 0 Å². The predicted molar refractivity (Wildman–Crippen MR) is 88.8 cm³/mol. The highest BCUT2D eigenvalue weighted by Gasteiger charge is 2.43. The molecule has 128 valence electrons. The number of carbonyl (C=O) groups is 3. The number of esters is 2. The van der Waals surface area contributed by atoms with E-state index in [1.54, 1.807) is 6.08 Å². The Morgan fingerprint density at radius 1 is 1.12 bits per heavy atom. The second-order valence-corrected chi connectivity index (χ2v) is 5.84. The highest BCUT2D eigenvalue weighted by atomic mass is 16.5. The minimum atomic E-state index is -1.13. The lowest BCUT2D eigenvalue weighted by atomic mass is 9.79. The Bertz CT molecular complexity index is 604. The van der Waals surface area contributed by atoms with Crippen molar-refractivity contribution in [2.45, 2.75) is 19.3 Å². The summed E-state index contributed by atoms with van der Waals surface area (Å²) in [6.45, 7) is 0. The largest absolute Gasteiger partial charge is 0.468 e. The zero-order chi connectivity index (χ0) is 17.5. The molecule has 2 rings (SSSR count). The lowest BCUT2D eigenvalue weighted by Crippen LogP contribution is -2.37. The molecule has 0 amide bonds. The average Bonchev–Trinajstić information content (AvgIpc) is 3.04. The van der Waals surface area contributed by atoms with Gasteiger partial charge in [0.1, 0.15) is 5.78 Å². The zero-order valence-corrected chi connectivity index (χ0v) is 13.9. The first-order chi connectivity index (χ1) is 11.6. The van der Waals surface area contributed by atoms with Crippen molar-refractivity contribution in [3.05, 3.63) is 42.0 Å². The summed E-state index contributed by atoms with van der Waals surface area (Å²) < 4.78 is 9.56. The van der Waals surface area contributed by atoms with Gasteiger partial charge >= 0.3 is 11.9 Å². The van der Waals surface area contributed by atoms with E-state index >= 15 is 0 Å². The van der Waals surface area contributed by atoms with Gasteiger partial charge in [-0.1, -0.05) is 42.5 Å². The molecule has 0 aromatic heterocycles. The number of ether oxygens (including phenoxy) is 2. The number of Topliss-reactive ketones (excluding diaryl/α,β-unsaturated/α-hetero) is 1. The van der Waals surface area contributed by atoms with Crippen LogP contribution in [0, 0.1) is 17.8 Å². The first-order valence-electron chi connectivity index (χ1n) is 8.00. The molecule has 0 saturated heterocycles. The average molecular weight is 330 g/mol. The van der Waals surface area contributed by atoms with E-state index in [9.17, 15) is 14.4 Å². The SMILES string of the molecule is COC(=O)C(C(=O)OC)[C@@H](/C=C/c1ccccc1)[C@@H]1CCCC1=O. The minimum absolute atomic E-state index is 0.0792. The molecule has 2 atom stereocenters. The first kappa shape index (κ1) is 17.9. The molecule has 1 aromatic carbocycles. The number of hydrogen-bond acceptors (Lipinski definition) is 5. The molecule has 0 heterocycles. The Labute approximate surface area is 141 Å². The molecule has 0 radical (unpaired) electrons. The standard InChI is InChI=1S/C19H22O5/c1-23-18(21)17(19(22)24-2)15(14-9-6-10-16(14)20)12-11-13-7-4-3-5-8-13/h3-5,7-8,11-12,14-15,17H,6,9-10H2,1-2H3/b12-11+/t14-,15-/m0/s1. The van der Waals surface area contributed by atoms with Crippen LogP contribution in [0.2, 0.25) is 0 Å². The van der Waals surface area contributed by atoms with Crippen LogP contribution in [0.3, 0.4) is 0 Å². The maximum absolute atomic E-state index is 12.2. The molecular formula is C19H22O5. The highest BCUT2D eigenvalue weighted by molar-refractivity contribution is 5.97. The summed E-state index contributed by atoms with van der Waals surface area (Å²) in [6.07, 6.45) is 5.51. The van der Waals surface area contributed by atoms with Gasteiger partial charge in [-0.15, -0.1) is 0 Å². The van der Waals surface area contributed by atoms with Gasteiger partial charge in [-0.05, 0) is 18.4 Å². The van der Waals surface area contributed by atoms with Crippen molar-refractivity contribution in [1.82, 2.24) is 0 Å². The molecule has 0 unspecified atom stereocenters. The molecule has 1 aromatic rings. The number of methoxy groups -OCH3 is 2. The van der Waals surface area contributed by atoms with Crippen molar-refractivity contribution in [2.24, 2.45) is 17.8 Å². The van der Waals surface area contributed by atoms with Crippen molar-refractivity contribution < 1.29 is 23.9 Å². The summed E-state index contributed by atoms with van der Waals surface area (Å²) in [5, 5.41) is 0. The summed E-state index contributed by atoms with van der Waals surface area (Å²) in [4.78, 5) is 36.5. The Kier molecular flexibility index (Phi) is 6.29. The van der Waals surface area contributed by atoms with Crippen molar-refractivity contribution in [3.63, 3.8) is 0 Å². The van der Waals surface area contributed by atoms with E-state index in [4.69, 9.17) is 9.47 Å². The number of rotatable bonds is 6. The van der Waals surface area contributed by atoms with Crippen LogP contribution in [0.25, 0.3) is 6.08 Å². The maximum Gasteiger partial charge on any atom is 0.320 e. The summed E-state index contributed by atoms with van der Waals surface area (Å²) in [5.41, 5.74) is 0.932. The van der Waals surface area contributed by atoms with E-state index in [2.05, 4.69) is 0 Å². The Morgan fingerprint density at radius 3 is 2.25 bits per heavy atom. The van der Waals surface area contributed by atoms with E-state index in [0.717, 1.165) is 12.0 Å². The van der Waals surface area contributed by atoms with Crippen molar-refractivity contribution >= 4 is 23.8 Å². The molecule has 1 aliphatic carbocycles. The molecule has 0 spiro atoms. The molecule has 5 nitrogen and oxygen atoms in total. The Morgan fingerprint density at radius 2 is 1.75 bits per heavy atom.